The molecule has 1 rings (SSSR count). The molecule has 0 aliphatic carbocycles. The highest BCUT2D eigenvalue weighted by atomic mass is 19.4. The smallest absolute Gasteiger partial charge is 0.387 e. The second-order valence-electron chi connectivity index (χ2n) is 3.30. The van der Waals surface area contributed by atoms with E-state index in [1.165, 1.54) is 6.07 Å². The quantitative estimate of drug-likeness (QED) is 0.805. The molecule has 0 amide bonds. The highest BCUT2D eigenvalue weighted by Gasteiger charge is 2.30. The monoisotopic (exact) mass is 240 g/mol. The lowest BCUT2D eigenvalue weighted by Crippen LogP contribution is -2.20. The Morgan fingerprint density at radius 2 is 1.81 bits per heavy atom. The van der Waals surface area contributed by atoms with Crippen LogP contribution < -0.4 is 0 Å². The molecule has 1 aromatic rings. The number of hydrogen-bond donors (Lipinski definition) is 1. The molecule has 1 nitrogen and oxygen atoms in total. The third kappa shape index (κ3) is 3.44. The molecule has 0 aromatic heterocycles. The second kappa shape index (κ2) is 4.78. The van der Waals surface area contributed by atoms with Gasteiger partial charge in [0.05, 0.1) is 5.56 Å². The van der Waals surface area contributed by atoms with Crippen molar-refractivity contribution in [3.05, 3.63) is 35.4 Å². The number of aliphatic hydroxyl groups is 1. The van der Waals surface area contributed by atoms with Gasteiger partial charge in [-0.15, -0.1) is 0 Å². The summed E-state index contributed by atoms with van der Waals surface area (Å²) in [6.07, 6.45) is -9.91. The van der Waals surface area contributed by atoms with Crippen molar-refractivity contribution in [1.29, 1.82) is 0 Å². The Balaban J connectivity index is 2.83. The fourth-order valence-corrected chi connectivity index (χ4v) is 1.21. The van der Waals surface area contributed by atoms with E-state index in [0.717, 1.165) is 18.2 Å². The standard InChI is InChI=1S/C10H9F5O/c11-9(12)8(16)5-6-2-1-3-7(4-6)10(13,14)15/h1-4,8-9,16H,5H2. The predicted molar refractivity (Wildman–Crippen MR) is 47.2 cm³/mol. The SMILES string of the molecule is OC(Cc1cccc(C(F)(F)F)c1)C(F)F. The molecule has 1 N–H and O–H groups in total. The van der Waals surface area contributed by atoms with Crippen LogP contribution in [0, 0.1) is 0 Å². The Morgan fingerprint density at radius 1 is 1.19 bits per heavy atom. The second-order valence-corrected chi connectivity index (χ2v) is 3.30. The molecule has 1 unspecified atom stereocenters. The Kier molecular flexibility index (Phi) is 3.85. The number of hydrogen-bond acceptors (Lipinski definition) is 1. The number of benzene rings is 1. The first kappa shape index (κ1) is 12.9. The van der Waals surface area contributed by atoms with Gasteiger partial charge < -0.3 is 5.11 Å². The summed E-state index contributed by atoms with van der Waals surface area (Å²) in [5.41, 5.74) is -0.880. The van der Waals surface area contributed by atoms with Crippen LogP contribution in [0.1, 0.15) is 11.1 Å². The van der Waals surface area contributed by atoms with E-state index < -0.39 is 30.7 Å². The van der Waals surface area contributed by atoms with Crippen molar-refractivity contribution in [1.82, 2.24) is 0 Å². The lowest BCUT2D eigenvalue weighted by atomic mass is 10.0. The van der Waals surface area contributed by atoms with Gasteiger partial charge in [0.25, 0.3) is 6.43 Å². The Morgan fingerprint density at radius 3 is 2.31 bits per heavy atom. The van der Waals surface area contributed by atoms with Crippen LogP contribution in [0.5, 0.6) is 0 Å². The van der Waals surface area contributed by atoms with Crippen LogP contribution in [-0.2, 0) is 12.6 Å². The van der Waals surface area contributed by atoms with Crippen molar-refractivity contribution in [2.45, 2.75) is 25.1 Å². The van der Waals surface area contributed by atoms with Gasteiger partial charge in [0.15, 0.2) is 0 Å². The van der Waals surface area contributed by atoms with Gasteiger partial charge in [-0.25, -0.2) is 8.78 Å². The molecule has 0 heterocycles. The number of alkyl halides is 5. The van der Waals surface area contributed by atoms with Gasteiger partial charge in [-0.05, 0) is 11.6 Å². The topological polar surface area (TPSA) is 20.2 Å². The minimum atomic E-state index is -4.51. The third-order valence-corrected chi connectivity index (χ3v) is 1.99. The summed E-state index contributed by atoms with van der Waals surface area (Å²) in [4.78, 5) is 0. The van der Waals surface area contributed by atoms with Crippen molar-refractivity contribution >= 4 is 0 Å². The van der Waals surface area contributed by atoms with Crippen LogP contribution in [0.4, 0.5) is 22.0 Å². The van der Waals surface area contributed by atoms with Gasteiger partial charge in [-0.1, -0.05) is 18.2 Å². The summed E-state index contributed by atoms with van der Waals surface area (Å²) in [5, 5.41) is 8.84. The Labute approximate surface area is 88.5 Å². The minimum Gasteiger partial charge on any atom is -0.387 e. The molecule has 0 radical (unpaired) electrons. The maximum atomic E-state index is 12.3. The molecule has 0 aliphatic rings. The van der Waals surface area contributed by atoms with E-state index in [1.807, 2.05) is 0 Å². The van der Waals surface area contributed by atoms with Crippen LogP contribution in [0.2, 0.25) is 0 Å². The van der Waals surface area contributed by atoms with E-state index in [0.29, 0.717) is 0 Å². The maximum absolute atomic E-state index is 12.3. The highest BCUT2D eigenvalue weighted by molar-refractivity contribution is 5.26. The van der Waals surface area contributed by atoms with Crippen molar-refractivity contribution in [2.24, 2.45) is 0 Å². The summed E-state index contributed by atoms with van der Waals surface area (Å²) in [5.74, 6) is 0. The minimum absolute atomic E-state index is 0.0302. The number of rotatable bonds is 3. The van der Waals surface area contributed by atoms with Gasteiger partial charge in [0, 0.05) is 6.42 Å². The van der Waals surface area contributed by atoms with Crippen LogP contribution in [-0.4, -0.2) is 17.6 Å². The summed E-state index contributed by atoms with van der Waals surface area (Å²) >= 11 is 0. The van der Waals surface area contributed by atoms with Gasteiger partial charge in [-0.3, -0.25) is 0 Å². The van der Waals surface area contributed by atoms with Crippen molar-refractivity contribution in [3.8, 4) is 0 Å². The van der Waals surface area contributed by atoms with Crippen molar-refractivity contribution in [2.75, 3.05) is 0 Å². The van der Waals surface area contributed by atoms with Crippen molar-refractivity contribution in [3.63, 3.8) is 0 Å². The number of aliphatic hydroxyl groups excluding tert-OH is 1. The molecular formula is C10H9F5O. The van der Waals surface area contributed by atoms with Crippen LogP contribution in [0.15, 0.2) is 24.3 Å². The number of halogens is 5. The average molecular weight is 240 g/mol. The fourth-order valence-electron chi connectivity index (χ4n) is 1.21. The van der Waals surface area contributed by atoms with E-state index >= 15 is 0 Å². The third-order valence-electron chi connectivity index (χ3n) is 1.99. The summed E-state index contributed by atoms with van der Waals surface area (Å²) < 4.78 is 60.7. The van der Waals surface area contributed by atoms with Gasteiger partial charge in [-0.2, -0.15) is 13.2 Å². The summed E-state index contributed by atoms with van der Waals surface area (Å²) in [6.45, 7) is 0. The molecule has 6 heteroatoms. The lowest BCUT2D eigenvalue weighted by molar-refractivity contribution is -0.137. The Bertz CT molecular complexity index is 347. The molecule has 0 saturated carbocycles. The molecule has 0 aliphatic heterocycles. The zero-order valence-corrected chi connectivity index (χ0v) is 8.01. The molecule has 1 aromatic carbocycles. The van der Waals surface area contributed by atoms with Crippen LogP contribution in [0.25, 0.3) is 0 Å². The van der Waals surface area contributed by atoms with E-state index in [4.69, 9.17) is 5.11 Å². The first-order valence-electron chi connectivity index (χ1n) is 4.43. The first-order chi connectivity index (χ1) is 7.30. The van der Waals surface area contributed by atoms with E-state index in [-0.39, 0.29) is 5.56 Å². The molecular weight excluding hydrogens is 231 g/mol. The first-order valence-corrected chi connectivity index (χ1v) is 4.43. The van der Waals surface area contributed by atoms with Crippen molar-refractivity contribution < 1.29 is 27.1 Å². The molecule has 0 bridgehead atoms. The largest absolute Gasteiger partial charge is 0.416 e. The molecule has 0 saturated heterocycles. The van der Waals surface area contributed by atoms with Crippen LogP contribution >= 0.6 is 0 Å². The zero-order chi connectivity index (χ0) is 12.3. The molecule has 1 atom stereocenters. The predicted octanol–water partition coefficient (Wildman–Crippen LogP) is 2.87. The van der Waals surface area contributed by atoms with Gasteiger partial charge in [0.1, 0.15) is 6.10 Å². The zero-order valence-electron chi connectivity index (χ0n) is 8.01. The van der Waals surface area contributed by atoms with Crippen LogP contribution in [0.3, 0.4) is 0 Å². The van der Waals surface area contributed by atoms with E-state index in [1.54, 1.807) is 0 Å². The maximum Gasteiger partial charge on any atom is 0.416 e. The molecule has 90 valence electrons. The normalized spacial score (nSPS) is 14.2. The fraction of sp³-hybridized carbons (Fsp3) is 0.400. The summed E-state index contributed by atoms with van der Waals surface area (Å²) in [6, 6.07) is 3.99. The lowest BCUT2D eigenvalue weighted by Gasteiger charge is -2.11. The van der Waals surface area contributed by atoms with Gasteiger partial charge >= 0.3 is 6.18 Å². The molecule has 0 fully saturated rings. The van der Waals surface area contributed by atoms with Gasteiger partial charge in [0.2, 0.25) is 0 Å². The molecule has 0 spiro atoms. The van der Waals surface area contributed by atoms with E-state index in [2.05, 4.69) is 0 Å². The Hall–Kier alpha value is -1.17. The van der Waals surface area contributed by atoms with E-state index in [9.17, 15) is 22.0 Å². The average Bonchev–Trinajstić information content (AvgIpc) is 2.16. The highest BCUT2D eigenvalue weighted by Crippen LogP contribution is 2.29. The molecule has 16 heavy (non-hydrogen) atoms. The summed E-state index contributed by atoms with van der Waals surface area (Å²) in [7, 11) is 0.